The van der Waals surface area contributed by atoms with Gasteiger partial charge in [0.1, 0.15) is 7.05 Å². The van der Waals surface area contributed by atoms with E-state index in [1.807, 2.05) is 0 Å². The molecule has 0 saturated heterocycles. The van der Waals surface area contributed by atoms with Gasteiger partial charge in [-0.1, -0.05) is 59.7 Å². The summed E-state index contributed by atoms with van der Waals surface area (Å²) in [6.07, 6.45) is 3.48. The highest BCUT2D eigenvalue weighted by Gasteiger charge is 2.31. The van der Waals surface area contributed by atoms with E-state index < -0.39 is 0 Å². The van der Waals surface area contributed by atoms with Gasteiger partial charge in [-0.25, -0.2) is 4.57 Å². The van der Waals surface area contributed by atoms with Crippen molar-refractivity contribution in [1.29, 1.82) is 0 Å². The third-order valence-corrected chi connectivity index (χ3v) is 5.12. The second-order valence-electron chi connectivity index (χ2n) is 8.40. The molecule has 1 heterocycles. The largest absolute Gasteiger partial charge is 0.212 e. The molecule has 1 nitrogen and oxygen atoms in total. The Kier molecular flexibility index (Phi) is 4.71. The molecule has 0 amide bonds. The lowest BCUT2D eigenvalue weighted by molar-refractivity contribution is -0.661. The summed E-state index contributed by atoms with van der Waals surface area (Å²) >= 11 is 0. The average Bonchev–Trinajstić information content (AvgIpc) is 2.46. The molecular weight excluding hydrogens is 278 g/mol. The molecule has 0 spiro atoms. The topological polar surface area (TPSA) is 3.88 Å². The minimum atomic E-state index is 0.143. The minimum absolute atomic E-state index is 0.143. The molecular formula is C22H32N+. The van der Waals surface area contributed by atoms with Crippen LogP contribution in [0.15, 0.2) is 36.5 Å². The Morgan fingerprint density at radius 1 is 0.957 bits per heavy atom. The van der Waals surface area contributed by atoms with Gasteiger partial charge < -0.3 is 0 Å². The second-order valence-corrected chi connectivity index (χ2v) is 8.40. The molecule has 23 heavy (non-hydrogen) atoms. The Morgan fingerprint density at radius 2 is 1.57 bits per heavy atom. The lowest BCUT2D eigenvalue weighted by atomic mass is 9.73. The first kappa shape index (κ1) is 17.7. The molecule has 0 saturated carbocycles. The number of rotatable bonds is 3. The Morgan fingerprint density at radius 3 is 2.09 bits per heavy atom. The van der Waals surface area contributed by atoms with Crippen LogP contribution in [0.4, 0.5) is 0 Å². The zero-order chi connectivity index (χ0) is 17.4. The molecule has 0 aliphatic rings. The van der Waals surface area contributed by atoms with E-state index in [2.05, 4.69) is 96.6 Å². The third-order valence-electron chi connectivity index (χ3n) is 5.12. The van der Waals surface area contributed by atoms with Gasteiger partial charge in [0.2, 0.25) is 5.69 Å². The molecule has 0 N–H and O–H groups in total. The Balaban J connectivity index is 2.79. The fourth-order valence-corrected chi connectivity index (χ4v) is 3.13. The van der Waals surface area contributed by atoms with E-state index in [9.17, 15) is 0 Å². The van der Waals surface area contributed by atoms with Crippen LogP contribution in [0.1, 0.15) is 64.7 Å². The molecule has 0 atom stereocenters. The van der Waals surface area contributed by atoms with E-state index in [-0.39, 0.29) is 10.8 Å². The highest BCUT2D eigenvalue weighted by atomic mass is 14.9. The van der Waals surface area contributed by atoms with Crippen LogP contribution in [0, 0.1) is 6.92 Å². The highest BCUT2D eigenvalue weighted by molar-refractivity contribution is 5.62. The first-order valence-corrected chi connectivity index (χ1v) is 8.68. The van der Waals surface area contributed by atoms with Crippen molar-refractivity contribution in [2.45, 2.75) is 65.7 Å². The summed E-state index contributed by atoms with van der Waals surface area (Å²) in [5.74, 6) is 0. The monoisotopic (exact) mass is 310 g/mol. The molecule has 124 valence electrons. The van der Waals surface area contributed by atoms with Crippen LogP contribution in [-0.2, 0) is 17.9 Å². The number of nitrogens with zero attached hydrogens (tertiary/aromatic N) is 1. The molecule has 1 aromatic carbocycles. The van der Waals surface area contributed by atoms with E-state index >= 15 is 0 Å². The highest BCUT2D eigenvalue weighted by Crippen LogP contribution is 2.37. The molecule has 1 heteroatoms. The van der Waals surface area contributed by atoms with Crippen molar-refractivity contribution in [3.05, 3.63) is 53.2 Å². The van der Waals surface area contributed by atoms with Gasteiger partial charge in [-0.3, -0.25) is 0 Å². The predicted octanol–water partition coefficient (Wildman–Crippen LogP) is 5.47. The summed E-state index contributed by atoms with van der Waals surface area (Å²) in [6, 6.07) is 11.1. The quantitative estimate of drug-likeness (QED) is 0.662. The third kappa shape index (κ3) is 3.49. The van der Waals surface area contributed by atoms with Crippen LogP contribution < -0.4 is 4.57 Å². The van der Waals surface area contributed by atoms with E-state index in [4.69, 9.17) is 0 Å². The van der Waals surface area contributed by atoms with Gasteiger partial charge >= 0.3 is 0 Å². The van der Waals surface area contributed by atoms with Gasteiger partial charge in [-0.15, -0.1) is 0 Å². The number of hydrogen-bond acceptors (Lipinski definition) is 0. The lowest BCUT2D eigenvalue weighted by Crippen LogP contribution is -2.36. The maximum atomic E-state index is 2.42. The minimum Gasteiger partial charge on any atom is -0.201 e. The van der Waals surface area contributed by atoms with Gasteiger partial charge in [-0.2, -0.15) is 0 Å². The van der Waals surface area contributed by atoms with Crippen LogP contribution in [-0.4, -0.2) is 0 Å². The molecule has 0 radical (unpaired) electrons. The smallest absolute Gasteiger partial charge is 0.201 e. The van der Waals surface area contributed by atoms with Crippen LogP contribution in [0.5, 0.6) is 0 Å². The summed E-state index contributed by atoms with van der Waals surface area (Å²) in [4.78, 5) is 0. The van der Waals surface area contributed by atoms with Crippen molar-refractivity contribution in [3.8, 4) is 11.3 Å². The molecule has 0 unspecified atom stereocenters. The van der Waals surface area contributed by atoms with Crippen LogP contribution >= 0.6 is 0 Å². The number of aryl methyl sites for hydroxylation is 2. The summed E-state index contributed by atoms with van der Waals surface area (Å²) in [5, 5.41) is 0. The van der Waals surface area contributed by atoms with Crippen LogP contribution in [0.2, 0.25) is 0 Å². The zero-order valence-corrected chi connectivity index (χ0v) is 16.1. The van der Waals surface area contributed by atoms with Crippen molar-refractivity contribution in [1.82, 2.24) is 0 Å². The zero-order valence-electron chi connectivity index (χ0n) is 16.1. The predicted molar refractivity (Wildman–Crippen MR) is 99.8 cm³/mol. The lowest BCUT2D eigenvalue weighted by Gasteiger charge is -2.31. The van der Waals surface area contributed by atoms with Gasteiger partial charge in [0.15, 0.2) is 6.20 Å². The molecule has 2 aromatic rings. The van der Waals surface area contributed by atoms with Gasteiger partial charge in [0.25, 0.3) is 0 Å². The second kappa shape index (κ2) is 6.11. The number of hydrogen-bond donors (Lipinski definition) is 0. The molecule has 0 aliphatic heterocycles. The Hall–Kier alpha value is -1.63. The number of pyridine rings is 1. The summed E-state index contributed by atoms with van der Waals surface area (Å²) in [5.41, 5.74) is 7.19. The molecule has 1 aromatic heterocycles. The fourth-order valence-electron chi connectivity index (χ4n) is 3.13. The van der Waals surface area contributed by atoms with Crippen LogP contribution in [0.25, 0.3) is 11.3 Å². The summed E-state index contributed by atoms with van der Waals surface area (Å²) in [7, 11) is 2.17. The van der Waals surface area contributed by atoms with Gasteiger partial charge in [0.05, 0.1) is 0 Å². The molecule has 0 fully saturated rings. The van der Waals surface area contributed by atoms with Crippen molar-refractivity contribution < 1.29 is 4.57 Å². The van der Waals surface area contributed by atoms with Crippen molar-refractivity contribution in [2.24, 2.45) is 7.05 Å². The first-order valence-electron chi connectivity index (χ1n) is 8.68. The summed E-state index contributed by atoms with van der Waals surface area (Å²) in [6.45, 7) is 16.1. The van der Waals surface area contributed by atoms with E-state index in [1.165, 1.54) is 27.9 Å². The number of benzene rings is 1. The van der Waals surface area contributed by atoms with Crippen molar-refractivity contribution in [2.75, 3.05) is 0 Å². The standard InChI is InChI=1S/C22H32N/c1-9-22(6,7)18-14-20(17-13-11-10-12-16(17)2)23(8)15-19(18)21(3,4)5/h10-15H,9H2,1-8H3/q+1. The normalized spacial score (nSPS) is 12.5. The van der Waals surface area contributed by atoms with E-state index in [1.54, 1.807) is 0 Å². The molecule has 0 aliphatic carbocycles. The Labute approximate surface area is 142 Å². The molecule has 2 rings (SSSR count). The molecule has 0 bridgehead atoms. The van der Waals surface area contributed by atoms with Gasteiger partial charge in [0, 0.05) is 17.2 Å². The maximum absolute atomic E-state index is 2.42. The van der Waals surface area contributed by atoms with Gasteiger partial charge in [-0.05, 0) is 41.4 Å². The SMILES string of the molecule is CCC(C)(C)c1cc(-c2ccccc2C)[n+](C)cc1C(C)(C)C. The maximum Gasteiger partial charge on any atom is 0.212 e. The van der Waals surface area contributed by atoms with Crippen LogP contribution in [0.3, 0.4) is 0 Å². The summed E-state index contributed by atoms with van der Waals surface area (Å²) < 4.78 is 2.29. The Bertz CT molecular complexity index is 702. The first-order chi connectivity index (χ1) is 10.6. The number of aromatic nitrogens is 1. The fraction of sp³-hybridized carbons (Fsp3) is 0.500. The van der Waals surface area contributed by atoms with E-state index in [0.29, 0.717) is 0 Å². The van der Waals surface area contributed by atoms with E-state index in [0.717, 1.165) is 6.42 Å². The van der Waals surface area contributed by atoms with Crippen molar-refractivity contribution in [3.63, 3.8) is 0 Å². The average molecular weight is 311 g/mol. The van der Waals surface area contributed by atoms with Crippen molar-refractivity contribution >= 4 is 0 Å².